The Morgan fingerprint density at radius 1 is 1.21 bits per heavy atom. The monoisotopic (exact) mass is 267 g/mol. The zero-order chi connectivity index (χ0) is 13.7. The SMILES string of the molecule is CN(CCNC(=O)[C@@H]1CCC[C@@H]1CN)C1CCCC1. The highest BCUT2D eigenvalue weighted by atomic mass is 16.1. The van der Waals surface area contributed by atoms with Crippen LogP contribution < -0.4 is 11.1 Å². The molecule has 0 radical (unpaired) electrons. The average molecular weight is 267 g/mol. The first-order valence-corrected chi connectivity index (χ1v) is 7.90. The van der Waals surface area contributed by atoms with E-state index in [4.69, 9.17) is 5.73 Å². The molecule has 2 fully saturated rings. The van der Waals surface area contributed by atoms with E-state index in [1.165, 1.54) is 25.7 Å². The molecule has 2 atom stereocenters. The molecule has 110 valence electrons. The van der Waals surface area contributed by atoms with Gasteiger partial charge in [-0.3, -0.25) is 4.79 Å². The van der Waals surface area contributed by atoms with E-state index < -0.39 is 0 Å². The van der Waals surface area contributed by atoms with Crippen LogP contribution in [0.25, 0.3) is 0 Å². The molecule has 3 N–H and O–H groups in total. The van der Waals surface area contributed by atoms with Gasteiger partial charge in [0.25, 0.3) is 0 Å². The normalized spacial score (nSPS) is 28.2. The average Bonchev–Trinajstić information content (AvgIpc) is 3.09. The number of hydrogen-bond acceptors (Lipinski definition) is 3. The molecule has 0 bridgehead atoms. The van der Waals surface area contributed by atoms with Gasteiger partial charge in [-0.05, 0) is 45.2 Å². The van der Waals surface area contributed by atoms with E-state index in [9.17, 15) is 4.79 Å². The second kappa shape index (κ2) is 7.25. The number of nitrogens with one attached hydrogen (secondary N) is 1. The Bertz CT molecular complexity index is 289. The molecule has 2 aliphatic rings. The van der Waals surface area contributed by atoms with Gasteiger partial charge in [-0.15, -0.1) is 0 Å². The first kappa shape index (κ1) is 14.8. The van der Waals surface area contributed by atoms with Gasteiger partial charge in [0.1, 0.15) is 0 Å². The predicted molar refractivity (Wildman–Crippen MR) is 77.8 cm³/mol. The van der Waals surface area contributed by atoms with Crippen molar-refractivity contribution in [1.29, 1.82) is 0 Å². The summed E-state index contributed by atoms with van der Waals surface area (Å²) in [7, 11) is 2.18. The van der Waals surface area contributed by atoms with E-state index in [1.807, 2.05) is 0 Å². The first-order chi connectivity index (χ1) is 9.22. The number of carbonyl (C=O) groups excluding carboxylic acids is 1. The molecule has 2 saturated carbocycles. The number of rotatable bonds is 6. The summed E-state index contributed by atoms with van der Waals surface area (Å²) in [6, 6.07) is 0.736. The van der Waals surface area contributed by atoms with Gasteiger partial charge in [-0.25, -0.2) is 0 Å². The molecule has 0 unspecified atom stereocenters. The molecule has 19 heavy (non-hydrogen) atoms. The van der Waals surface area contributed by atoms with E-state index in [2.05, 4.69) is 17.3 Å². The van der Waals surface area contributed by atoms with Gasteiger partial charge in [0.2, 0.25) is 5.91 Å². The smallest absolute Gasteiger partial charge is 0.223 e. The minimum absolute atomic E-state index is 0.168. The van der Waals surface area contributed by atoms with Crippen LogP contribution >= 0.6 is 0 Å². The number of carbonyl (C=O) groups is 1. The molecule has 0 aromatic rings. The van der Waals surface area contributed by atoms with Crippen LogP contribution in [0.15, 0.2) is 0 Å². The maximum absolute atomic E-state index is 12.1. The van der Waals surface area contributed by atoms with Crippen molar-refractivity contribution in [2.24, 2.45) is 17.6 Å². The van der Waals surface area contributed by atoms with Gasteiger partial charge < -0.3 is 16.0 Å². The second-order valence-electron chi connectivity index (χ2n) is 6.24. The molecule has 0 heterocycles. The van der Waals surface area contributed by atoms with Crippen molar-refractivity contribution in [2.45, 2.75) is 51.0 Å². The van der Waals surface area contributed by atoms with Gasteiger partial charge in [-0.2, -0.15) is 0 Å². The van der Waals surface area contributed by atoms with Crippen LogP contribution in [0, 0.1) is 11.8 Å². The summed E-state index contributed by atoms with van der Waals surface area (Å²) in [6.45, 7) is 2.40. The zero-order valence-electron chi connectivity index (χ0n) is 12.2. The minimum atomic E-state index is 0.168. The Hall–Kier alpha value is -0.610. The quantitative estimate of drug-likeness (QED) is 0.764. The lowest BCUT2D eigenvalue weighted by Crippen LogP contribution is -2.40. The Morgan fingerprint density at radius 2 is 1.95 bits per heavy atom. The fourth-order valence-electron chi connectivity index (χ4n) is 3.68. The topological polar surface area (TPSA) is 58.4 Å². The first-order valence-electron chi connectivity index (χ1n) is 7.90. The lowest BCUT2D eigenvalue weighted by atomic mass is 9.95. The lowest BCUT2D eigenvalue weighted by molar-refractivity contribution is -0.126. The third-order valence-corrected chi connectivity index (χ3v) is 5.01. The van der Waals surface area contributed by atoms with Crippen molar-refractivity contribution < 1.29 is 4.79 Å². The van der Waals surface area contributed by atoms with Crippen molar-refractivity contribution in [1.82, 2.24) is 10.2 Å². The lowest BCUT2D eigenvalue weighted by Gasteiger charge is -2.24. The molecule has 4 heteroatoms. The maximum Gasteiger partial charge on any atom is 0.223 e. The summed E-state index contributed by atoms with van der Waals surface area (Å²) in [6.07, 6.45) is 8.67. The molecule has 2 aliphatic carbocycles. The molecule has 0 saturated heterocycles. The minimum Gasteiger partial charge on any atom is -0.355 e. The standard InChI is InChI=1S/C15H29N3O/c1-18(13-6-2-3-7-13)10-9-17-15(19)14-8-4-5-12(14)11-16/h12-14H,2-11,16H2,1H3,(H,17,19)/t12-,14-/m1/s1. The highest BCUT2D eigenvalue weighted by molar-refractivity contribution is 5.79. The molecular formula is C15H29N3O. The van der Waals surface area contributed by atoms with Crippen molar-refractivity contribution in [3.63, 3.8) is 0 Å². The summed E-state index contributed by atoms with van der Waals surface area (Å²) in [5.41, 5.74) is 5.73. The zero-order valence-corrected chi connectivity index (χ0v) is 12.2. The van der Waals surface area contributed by atoms with Crippen LogP contribution in [-0.2, 0) is 4.79 Å². The van der Waals surface area contributed by atoms with Crippen LogP contribution in [0.2, 0.25) is 0 Å². The largest absolute Gasteiger partial charge is 0.355 e. The highest BCUT2D eigenvalue weighted by Gasteiger charge is 2.31. The Labute approximate surface area is 117 Å². The van der Waals surface area contributed by atoms with Crippen LogP contribution in [0.1, 0.15) is 44.9 Å². The van der Waals surface area contributed by atoms with E-state index in [0.29, 0.717) is 12.5 Å². The van der Waals surface area contributed by atoms with Gasteiger partial charge in [0.15, 0.2) is 0 Å². The number of amides is 1. The number of nitrogens with zero attached hydrogens (tertiary/aromatic N) is 1. The fraction of sp³-hybridized carbons (Fsp3) is 0.933. The summed E-state index contributed by atoms with van der Waals surface area (Å²) >= 11 is 0. The molecule has 2 rings (SSSR count). The van der Waals surface area contributed by atoms with Crippen molar-refractivity contribution in [3.05, 3.63) is 0 Å². The van der Waals surface area contributed by atoms with E-state index in [1.54, 1.807) is 0 Å². The molecule has 0 aromatic carbocycles. The van der Waals surface area contributed by atoms with Gasteiger partial charge in [-0.1, -0.05) is 19.3 Å². The van der Waals surface area contributed by atoms with Crippen molar-refractivity contribution in [2.75, 3.05) is 26.7 Å². The van der Waals surface area contributed by atoms with E-state index in [0.717, 1.165) is 38.4 Å². The van der Waals surface area contributed by atoms with Gasteiger partial charge in [0, 0.05) is 25.0 Å². The van der Waals surface area contributed by atoms with Crippen LogP contribution in [0.3, 0.4) is 0 Å². The molecule has 4 nitrogen and oxygen atoms in total. The van der Waals surface area contributed by atoms with E-state index >= 15 is 0 Å². The third-order valence-electron chi connectivity index (χ3n) is 5.01. The van der Waals surface area contributed by atoms with Gasteiger partial charge in [0.05, 0.1) is 0 Å². The Balaban J connectivity index is 1.65. The fourth-order valence-corrected chi connectivity index (χ4v) is 3.68. The van der Waals surface area contributed by atoms with Crippen LogP contribution in [-0.4, -0.2) is 43.5 Å². The Morgan fingerprint density at radius 3 is 2.63 bits per heavy atom. The van der Waals surface area contributed by atoms with E-state index in [-0.39, 0.29) is 11.8 Å². The van der Waals surface area contributed by atoms with Crippen molar-refractivity contribution in [3.8, 4) is 0 Å². The maximum atomic E-state index is 12.1. The van der Waals surface area contributed by atoms with Crippen LogP contribution in [0.4, 0.5) is 0 Å². The molecule has 0 spiro atoms. The number of nitrogens with two attached hydrogens (primary N) is 1. The van der Waals surface area contributed by atoms with Crippen molar-refractivity contribution >= 4 is 5.91 Å². The summed E-state index contributed by atoms with van der Waals surface area (Å²) in [4.78, 5) is 14.5. The van der Waals surface area contributed by atoms with Crippen LogP contribution in [0.5, 0.6) is 0 Å². The highest BCUT2D eigenvalue weighted by Crippen LogP contribution is 2.30. The number of likely N-dealkylation sites (N-methyl/N-ethyl adjacent to an activating group) is 1. The molecule has 1 amide bonds. The van der Waals surface area contributed by atoms with Gasteiger partial charge >= 0.3 is 0 Å². The number of hydrogen-bond donors (Lipinski definition) is 2. The Kier molecular flexibility index (Phi) is 5.64. The summed E-state index contributed by atoms with van der Waals surface area (Å²) in [5.74, 6) is 0.808. The predicted octanol–water partition coefficient (Wildman–Crippen LogP) is 1.35. The molecular weight excluding hydrogens is 238 g/mol. The summed E-state index contributed by atoms with van der Waals surface area (Å²) in [5, 5.41) is 3.11. The summed E-state index contributed by atoms with van der Waals surface area (Å²) < 4.78 is 0. The second-order valence-corrected chi connectivity index (χ2v) is 6.24. The molecule has 0 aromatic heterocycles. The molecule has 0 aliphatic heterocycles. The third kappa shape index (κ3) is 3.93.